The quantitative estimate of drug-likeness (QED) is 0.378. The molecule has 0 saturated heterocycles. The van der Waals surface area contributed by atoms with Gasteiger partial charge in [-0.2, -0.15) is 0 Å². The Balaban J connectivity index is 1.62. The molecule has 1 heterocycles. The van der Waals surface area contributed by atoms with Crippen LogP contribution in [0.3, 0.4) is 0 Å². The second kappa shape index (κ2) is 7.34. The second-order valence-corrected chi connectivity index (χ2v) is 7.20. The topological polar surface area (TPSA) is 4.93 Å². The van der Waals surface area contributed by atoms with Crippen molar-refractivity contribution < 1.29 is 8.78 Å². The molecule has 4 aromatic rings. The number of rotatable bonds is 5. The average molecular weight is 365 g/mol. The molecule has 0 atom stereocenters. The Morgan fingerprint density at radius 2 is 1.58 bits per heavy atom. The van der Waals surface area contributed by atoms with Crippen molar-refractivity contribution in [2.75, 3.05) is 0 Å². The summed E-state index contributed by atoms with van der Waals surface area (Å²) in [4.78, 5) is 1.16. The molecule has 0 radical (unpaired) electrons. The summed E-state index contributed by atoms with van der Waals surface area (Å²) in [5.41, 5.74) is 3.15. The van der Waals surface area contributed by atoms with Gasteiger partial charge in [-0.3, -0.25) is 0 Å². The van der Waals surface area contributed by atoms with Gasteiger partial charge in [0.25, 0.3) is 0 Å². The summed E-state index contributed by atoms with van der Waals surface area (Å²) >= 11 is 1.70. The number of fused-ring (bicyclic) bond motifs is 1. The van der Waals surface area contributed by atoms with E-state index in [1.165, 1.54) is 23.6 Å². The lowest BCUT2D eigenvalue weighted by Gasteiger charge is -2.05. The van der Waals surface area contributed by atoms with Gasteiger partial charge in [0.15, 0.2) is 0 Å². The van der Waals surface area contributed by atoms with Crippen LogP contribution in [0.25, 0.3) is 10.9 Å². The van der Waals surface area contributed by atoms with Gasteiger partial charge in [-0.05, 0) is 41.5 Å². The number of hydrogen-bond donors (Lipinski definition) is 0. The minimum Gasteiger partial charge on any atom is -0.342 e. The molecule has 4 rings (SSSR count). The van der Waals surface area contributed by atoms with Crippen LogP contribution in [0.4, 0.5) is 8.78 Å². The van der Waals surface area contributed by atoms with Crippen LogP contribution in [0.5, 0.6) is 0 Å². The third-order valence-electron chi connectivity index (χ3n) is 4.30. The van der Waals surface area contributed by atoms with Gasteiger partial charge in [0.1, 0.15) is 11.6 Å². The maximum absolute atomic E-state index is 13.4. The van der Waals surface area contributed by atoms with E-state index in [9.17, 15) is 8.78 Å². The fourth-order valence-corrected chi connectivity index (χ4v) is 4.06. The number of nitrogens with zero attached hydrogens (tertiary/aromatic N) is 1. The van der Waals surface area contributed by atoms with Gasteiger partial charge in [0.2, 0.25) is 0 Å². The van der Waals surface area contributed by atoms with E-state index < -0.39 is 0 Å². The minimum absolute atomic E-state index is 0.207. The molecular weight excluding hydrogens is 348 g/mol. The van der Waals surface area contributed by atoms with Crippen molar-refractivity contribution in [3.05, 3.63) is 102 Å². The van der Waals surface area contributed by atoms with Gasteiger partial charge >= 0.3 is 0 Å². The number of benzene rings is 3. The molecule has 0 unspecified atom stereocenters. The lowest BCUT2D eigenvalue weighted by atomic mass is 10.2. The Labute approximate surface area is 155 Å². The summed E-state index contributed by atoms with van der Waals surface area (Å²) in [5.74, 6) is 0.279. The molecule has 4 heteroatoms. The van der Waals surface area contributed by atoms with Crippen molar-refractivity contribution in [3.63, 3.8) is 0 Å². The van der Waals surface area contributed by atoms with E-state index in [1.54, 1.807) is 23.9 Å². The van der Waals surface area contributed by atoms with Gasteiger partial charge < -0.3 is 4.57 Å². The molecule has 26 heavy (non-hydrogen) atoms. The molecular formula is C22H17F2NS. The van der Waals surface area contributed by atoms with Crippen LogP contribution in [0.1, 0.15) is 11.1 Å². The van der Waals surface area contributed by atoms with Gasteiger partial charge in [-0.15, -0.1) is 11.8 Å². The van der Waals surface area contributed by atoms with E-state index in [0.717, 1.165) is 21.5 Å². The Morgan fingerprint density at radius 3 is 2.38 bits per heavy atom. The Bertz CT molecular complexity index is 1040. The van der Waals surface area contributed by atoms with E-state index in [-0.39, 0.29) is 11.6 Å². The number of halogens is 2. The van der Waals surface area contributed by atoms with Crippen molar-refractivity contribution in [2.45, 2.75) is 17.2 Å². The highest BCUT2D eigenvalue weighted by molar-refractivity contribution is 7.98. The van der Waals surface area contributed by atoms with Crippen LogP contribution < -0.4 is 0 Å². The highest BCUT2D eigenvalue weighted by Crippen LogP contribution is 2.32. The van der Waals surface area contributed by atoms with Crippen molar-refractivity contribution in [3.8, 4) is 0 Å². The summed E-state index contributed by atoms with van der Waals surface area (Å²) < 4.78 is 28.7. The van der Waals surface area contributed by atoms with E-state index in [1.807, 2.05) is 30.3 Å². The maximum Gasteiger partial charge on any atom is 0.123 e. The molecule has 0 aliphatic heterocycles. The van der Waals surface area contributed by atoms with Crippen molar-refractivity contribution >= 4 is 22.7 Å². The first-order chi connectivity index (χ1) is 12.7. The van der Waals surface area contributed by atoms with E-state index in [0.29, 0.717) is 12.3 Å². The molecule has 1 aromatic heterocycles. The molecule has 0 aliphatic rings. The molecule has 0 amide bonds. The van der Waals surface area contributed by atoms with Crippen LogP contribution in [0, 0.1) is 11.6 Å². The third kappa shape index (κ3) is 3.65. The fourth-order valence-electron chi connectivity index (χ4n) is 3.03. The predicted molar refractivity (Wildman–Crippen MR) is 103 cm³/mol. The van der Waals surface area contributed by atoms with Crippen LogP contribution in [0.2, 0.25) is 0 Å². The van der Waals surface area contributed by atoms with Crippen LogP contribution >= 0.6 is 11.8 Å². The molecule has 0 spiro atoms. The van der Waals surface area contributed by atoms with E-state index in [4.69, 9.17) is 0 Å². The predicted octanol–water partition coefficient (Wildman–Crippen LogP) is 6.26. The highest BCUT2D eigenvalue weighted by Gasteiger charge is 2.09. The monoisotopic (exact) mass is 365 g/mol. The molecule has 1 nitrogen and oxygen atoms in total. The minimum atomic E-state index is -0.225. The van der Waals surface area contributed by atoms with E-state index in [2.05, 4.69) is 22.9 Å². The zero-order valence-electron chi connectivity index (χ0n) is 14.0. The van der Waals surface area contributed by atoms with Crippen molar-refractivity contribution in [2.24, 2.45) is 0 Å². The van der Waals surface area contributed by atoms with Crippen LogP contribution in [-0.2, 0) is 12.3 Å². The van der Waals surface area contributed by atoms with Crippen LogP contribution in [0.15, 0.2) is 83.9 Å². The zero-order valence-corrected chi connectivity index (χ0v) is 14.8. The highest BCUT2D eigenvalue weighted by atomic mass is 32.2. The van der Waals surface area contributed by atoms with Crippen molar-refractivity contribution in [1.82, 2.24) is 4.57 Å². The average Bonchev–Trinajstić information content (AvgIpc) is 3.00. The van der Waals surface area contributed by atoms with Gasteiger partial charge in [0.05, 0.1) is 0 Å². The Morgan fingerprint density at radius 1 is 0.769 bits per heavy atom. The van der Waals surface area contributed by atoms with Gasteiger partial charge in [-0.1, -0.05) is 42.5 Å². The zero-order chi connectivity index (χ0) is 17.9. The number of aromatic nitrogens is 1. The molecule has 0 saturated carbocycles. The second-order valence-electron chi connectivity index (χ2n) is 6.18. The molecule has 0 fully saturated rings. The summed E-state index contributed by atoms with van der Waals surface area (Å²) in [6.45, 7) is 0.682. The number of para-hydroxylation sites is 1. The summed E-state index contributed by atoms with van der Waals surface area (Å²) in [6, 6.07) is 21.5. The molecule has 0 bridgehead atoms. The standard InChI is InChI=1S/C22H17F2NS/c23-18-10-8-16(9-11-18)13-25-14-22(20-6-1-2-7-21(20)25)26-15-17-4-3-5-19(24)12-17/h1-12,14H,13,15H2. The lowest BCUT2D eigenvalue weighted by Crippen LogP contribution is -1.97. The summed E-state index contributed by atoms with van der Waals surface area (Å²) in [5, 5.41) is 1.18. The largest absolute Gasteiger partial charge is 0.342 e. The third-order valence-corrected chi connectivity index (χ3v) is 5.42. The normalized spacial score (nSPS) is 11.2. The number of thioether (sulfide) groups is 1. The summed E-state index contributed by atoms with van der Waals surface area (Å²) in [7, 11) is 0. The van der Waals surface area contributed by atoms with Gasteiger partial charge in [0, 0.05) is 34.3 Å². The smallest absolute Gasteiger partial charge is 0.123 e. The molecule has 130 valence electrons. The van der Waals surface area contributed by atoms with E-state index >= 15 is 0 Å². The summed E-state index contributed by atoms with van der Waals surface area (Å²) in [6.07, 6.45) is 2.12. The van der Waals surface area contributed by atoms with Crippen molar-refractivity contribution in [1.29, 1.82) is 0 Å². The first-order valence-corrected chi connectivity index (χ1v) is 9.37. The molecule has 0 N–H and O–H groups in total. The number of hydrogen-bond acceptors (Lipinski definition) is 1. The first-order valence-electron chi connectivity index (χ1n) is 8.38. The lowest BCUT2D eigenvalue weighted by molar-refractivity contribution is 0.626. The maximum atomic E-state index is 13.4. The fraction of sp³-hybridized carbons (Fsp3) is 0.0909. The molecule has 0 aliphatic carbocycles. The van der Waals surface area contributed by atoms with Crippen LogP contribution in [-0.4, -0.2) is 4.57 Å². The SMILES string of the molecule is Fc1ccc(Cn2cc(SCc3cccc(F)c3)c3ccccc32)cc1. The molecule has 3 aromatic carbocycles. The Hall–Kier alpha value is -2.59. The van der Waals surface area contributed by atoms with Gasteiger partial charge in [-0.25, -0.2) is 8.78 Å². The Kier molecular flexibility index (Phi) is 4.76. The first kappa shape index (κ1) is 16.9.